The van der Waals surface area contributed by atoms with Gasteiger partial charge in [0.25, 0.3) is 5.91 Å². The molecule has 0 saturated heterocycles. The summed E-state index contributed by atoms with van der Waals surface area (Å²) in [5.41, 5.74) is 12.1. The quantitative estimate of drug-likeness (QED) is 0.207. The van der Waals surface area contributed by atoms with Gasteiger partial charge in [-0.3, -0.25) is 19.3 Å². The zero-order chi connectivity index (χ0) is 33.4. The topological polar surface area (TPSA) is 220 Å². The molecule has 2 aromatic rings. The van der Waals surface area contributed by atoms with Gasteiger partial charge in [-0.1, -0.05) is 11.8 Å². The first-order chi connectivity index (χ1) is 21.0. The predicted molar refractivity (Wildman–Crippen MR) is 161 cm³/mol. The third-order valence-electron chi connectivity index (χ3n) is 8.89. The molecule has 0 aliphatic heterocycles. The fraction of sp³-hybridized carbons (Fsp3) is 0.312. The average Bonchev–Trinajstić information content (AvgIpc) is 2.92. The van der Waals surface area contributed by atoms with Crippen molar-refractivity contribution < 1.29 is 34.1 Å². The monoisotopic (exact) mass is 614 g/mol. The number of aliphatic hydroxyl groups is 2. The maximum atomic E-state index is 14.6. The van der Waals surface area contributed by atoms with E-state index in [4.69, 9.17) is 17.2 Å². The molecule has 232 valence electrons. The number of hydrogen-bond acceptors (Lipinski definition) is 11. The SMILES string of the molecule is CN(C)c1cc(C#Cc2ccc(F)cc2)c(O)c2c1C[C@@]1(N)C[C@@]3(N)[C@H](N(C)C)C(=O)C(C(N)=O)=C(O)[C@@]3(C#N)C(=O)C1=C2O. The van der Waals surface area contributed by atoms with Crippen molar-refractivity contribution >= 4 is 28.9 Å². The molecule has 0 unspecified atom stereocenters. The number of anilines is 1. The van der Waals surface area contributed by atoms with Gasteiger partial charge in [-0.25, -0.2) is 4.39 Å². The highest BCUT2D eigenvalue weighted by Crippen LogP contribution is 2.59. The van der Waals surface area contributed by atoms with Crippen LogP contribution in [0.2, 0.25) is 0 Å². The van der Waals surface area contributed by atoms with Crippen molar-refractivity contribution in [3.63, 3.8) is 0 Å². The van der Waals surface area contributed by atoms with Crippen LogP contribution in [-0.4, -0.2) is 83.0 Å². The molecule has 1 fully saturated rings. The van der Waals surface area contributed by atoms with Crippen molar-refractivity contribution in [2.75, 3.05) is 33.1 Å². The lowest BCUT2D eigenvalue weighted by molar-refractivity contribution is -0.139. The van der Waals surface area contributed by atoms with Crippen LogP contribution in [0.5, 0.6) is 5.75 Å². The summed E-state index contributed by atoms with van der Waals surface area (Å²) < 4.78 is 13.4. The number of hydrogen-bond donors (Lipinski definition) is 6. The lowest BCUT2D eigenvalue weighted by Gasteiger charge is -2.58. The second-order valence-electron chi connectivity index (χ2n) is 12.1. The maximum Gasteiger partial charge on any atom is 0.255 e. The summed E-state index contributed by atoms with van der Waals surface area (Å²) in [5.74, 6) is -0.918. The zero-order valence-corrected chi connectivity index (χ0v) is 24.9. The van der Waals surface area contributed by atoms with Crippen LogP contribution in [0.1, 0.15) is 28.7 Å². The van der Waals surface area contributed by atoms with Gasteiger partial charge in [-0.05, 0) is 62.8 Å². The number of aliphatic hydroxyl groups excluding tert-OH is 2. The highest BCUT2D eigenvalue weighted by atomic mass is 19.1. The summed E-state index contributed by atoms with van der Waals surface area (Å²) in [6, 6.07) is 7.16. The number of phenols is 1. The molecule has 0 radical (unpaired) electrons. The molecule has 3 aliphatic rings. The minimum atomic E-state index is -2.76. The highest BCUT2D eigenvalue weighted by molar-refractivity contribution is 6.25. The van der Waals surface area contributed by atoms with Gasteiger partial charge >= 0.3 is 0 Å². The Balaban J connectivity index is 1.83. The summed E-state index contributed by atoms with van der Waals surface area (Å²) >= 11 is 0. The normalized spacial score (nSPS) is 27.2. The van der Waals surface area contributed by atoms with Gasteiger partial charge in [0.2, 0.25) is 0 Å². The van der Waals surface area contributed by atoms with E-state index in [-0.39, 0.29) is 17.5 Å². The summed E-state index contributed by atoms with van der Waals surface area (Å²) in [6.07, 6.45) is -0.676. The van der Waals surface area contributed by atoms with E-state index in [0.717, 1.165) is 0 Å². The number of primary amides is 1. The molecule has 3 aliphatic carbocycles. The number of nitrogens with two attached hydrogens (primary N) is 3. The van der Waals surface area contributed by atoms with Crippen LogP contribution >= 0.6 is 0 Å². The lowest BCUT2D eigenvalue weighted by Crippen LogP contribution is -2.80. The minimum Gasteiger partial charge on any atom is -0.509 e. The highest BCUT2D eigenvalue weighted by Gasteiger charge is 2.74. The molecule has 1 saturated carbocycles. The number of fused-ring (bicyclic) bond motifs is 3. The fourth-order valence-corrected chi connectivity index (χ4v) is 7.05. The number of carbonyl (C=O) groups excluding carboxylic acids is 3. The van der Waals surface area contributed by atoms with Crippen LogP contribution < -0.4 is 22.1 Å². The van der Waals surface area contributed by atoms with E-state index in [1.165, 1.54) is 43.3 Å². The van der Waals surface area contributed by atoms with Crippen LogP contribution in [-0.2, 0) is 20.8 Å². The molecule has 12 nitrogen and oxygen atoms in total. The van der Waals surface area contributed by atoms with Gasteiger partial charge in [0.05, 0.1) is 39.9 Å². The van der Waals surface area contributed by atoms with Crippen LogP contribution in [0.25, 0.3) is 5.76 Å². The molecule has 1 amide bonds. The zero-order valence-electron chi connectivity index (χ0n) is 24.9. The first-order valence-electron chi connectivity index (χ1n) is 13.7. The summed E-state index contributed by atoms with van der Waals surface area (Å²) in [7, 11) is 6.31. The number of rotatable bonds is 3. The van der Waals surface area contributed by atoms with Gasteiger partial charge in [0.15, 0.2) is 17.0 Å². The van der Waals surface area contributed by atoms with Crippen molar-refractivity contribution in [3.05, 3.63) is 75.3 Å². The van der Waals surface area contributed by atoms with Crippen molar-refractivity contribution in [2.45, 2.75) is 30.0 Å². The second kappa shape index (κ2) is 10.2. The van der Waals surface area contributed by atoms with Crippen LogP contribution in [0.4, 0.5) is 10.1 Å². The number of amides is 1. The van der Waals surface area contributed by atoms with E-state index in [1.807, 2.05) is 0 Å². The number of nitriles is 1. The van der Waals surface area contributed by atoms with Gasteiger partial charge in [-0.15, -0.1) is 0 Å². The molecule has 0 bridgehead atoms. The number of Topliss-reactive ketones (excluding diaryl/α,β-unsaturated/α-hetero) is 2. The van der Waals surface area contributed by atoms with Gasteiger partial charge in [0.1, 0.15) is 28.7 Å². The van der Waals surface area contributed by atoms with E-state index >= 15 is 0 Å². The number of benzene rings is 2. The molecular formula is C32H31FN6O6. The molecule has 13 heteroatoms. The second-order valence-corrected chi connectivity index (χ2v) is 12.1. The van der Waals surface area contributed by atoms with Crippen LogP contribution in [0.15, 0.2) is 47.2 Å². The lowest BCUT2D eigenvalue weighted by atomic mass is 9.47. The van der Waals surface area contributed by atoms with Crippen LogP contribution in [0, 0.1) is 34.4 Å². The predicted octanol–water partition coefficient (Wildman–Crippen LogP) is 0.510. The van der Waals surface area contributed by atoms with Crippen molar-refractivity contribution in [1.29, 1.82) is 5.26 Å². The standard InChI is InChI=1S/C32H31FN6O6/c1-38(2)19-11-16(8-5-15-6-9-17(33)10-7-15)23(40)20-18(19)12-30(36)13-32(37)26(39(3)4)25(42)21(29(35)45)27(43)31(32,14-34)28(44)22(30)24(20)41/h6-7,9-11,26,40-41,43H,12-13,36-37H2,1-4H3,(H2,35,45)/t26-,30-,31+,32-/m1/s1. The molecule has 9 N–H and O–H groups in total. The van der Waals surface area contributed by atoms with E-state index in [0.29, 0.717) is 16.8 Å². The third-order valence-corrected chi connectivity index (χ3v) is 8.89. The molecule has 0 aromatic heterocycles. The number of carbonyl (C=O) groups is 3. The number of phenolic OH excluding ortho intramolecular Hbond substituents is 1. The van der Waals surface area contributed by atoms with Crippen molar-refractivity contribution in [1.82, 2.24) is 4.90 Å². The number of halogens is 1. The Labute approximate surface area is 257 Å². The molecule has 5 rings (SSSR count). The maximum absolute atomic E-state index is 14.6. The van der Waals surface area contributed by atoms with E-state index in [9.17, 15) is 39.4 Å². The molecule has 0 heterocycles. The first-order valence-corrected chi connectivity index (χ1v) is 13.7. The van der Waals surface area contributed by atoms with E-state index < -0.39 is 80.7 Å². The number of nitrogens with zero attached hydrogens (tertiary/aromatic N) is 3. The van der Waals surface area contributed by atoms with E-state index in [2.05, 4.69) is 11.8 Å². The Morgan fingerprint density at radius 2 is 1.69 bits per heavy atom. The van der Waals surface area contributed by atoms with Crippen molar-refractivity contribution in [3.8, 4) is 23.7 Å². The number of aromatic hydroxyl groups is 1. The third kappa shape index (κ3) is 4.13. The Kier molecular flexibility index (Phi) is 7.06. The van der Waals surface area contributed by atoms with E-state index in [1.54, 1.807) is 31.1 Å². The Morgan fingerprint density at radius 1 is 1.07 bits per heavy atom. The molecule has 2 aromatic carbocycles. The number of likely N-dealkylation sites (N-methyl/N-ethyl adjacent to an activating group) is 1. The van der Waals surface area contributed by atoms with Crippen LogP contribution in [0.3, 0.4) is 0 Å². The summed E-state index contributed by atoms with van der Waals surface area (Å²) in [5, 5.41) is 45.1. The smallest absolute Gasteiger partial charge is 0.255 e. The summed E-state index contributed by atoms with van der Waals surface area (Å²) in [4.78, 5) is 43.5. The van der Waals surface area contributed by atoms with Crippen molar-refractivity contribution in [2.24, 2.45) is 22.6 Å². The minimum absolute atomic E-state index is 0.0552. The average molecular weight is 615 g/mol. The van der Waals surface area contributed by atoms with Gasteiger partial charge < -0.3 is 37.4 Å². The fourth-order valence-electron chi connectivity index (χ4n) is 7.05. The molecule has 4 atom stereocenters. The molecular weight excluding hydrogens is 583 g/mol. The number of ketones is 2. The largest absolute Gasteiger partial charge is 0.509 e. The first kappa shape index (κ1) is 31.2. The van der Waals surface area contributed by atoms with Gasteiger partial charge in [-0.2, -0.15) is 5.26 Å². The Hall–Kier alpha value is -5.21. The molecule has 45 heavy (non-hydrogen) atoms. The molecule has 0 spiro atoms. The Bertz CT molecular complexity index is 1880. The summed E-state index contributed by atoms with van der Waals surface area (Å²) in [6.45, 7) is 0. The van der Waals surface area contributed by atoms with Gasteiger partial charge in [0, 0.05) is 25.3 Å². The Morgan fingerprint density at radius 3 is 2.22 bits per heavy atom.